The van der Waals surface area contributed by atoms with Crippen LogP contribution in [0.4, 0.5) is 5.69 Å². The van der Waals surface area contributed by atoms with Crippen LogP contribution in [0.5, 0.6) is 0 Å². The number of carbonyl (C=O) groups is 2. The number of carbonyl (C=O) groups excluding carboxylic acids is 2. The zero-order valence-corrected chi connectivity index (χ0v) is 20.5. The Labute approximate surface area is 202 Å². The number of nitrogens with one attached hydrogen (secondary N) is 1. The van der Waals surface area contributed by atoms with Crippen LogP contribution in [0.3, 0.4) is 0 Å². The molecule has 0 bridgehead atoms. The molecule has 7 nitrogen and oxygen atoms in total. The highest BCUT2D eigenvalue weighted by Gasteiger charge is 2.35. The van der Waals surface area contributed by atoms with Crippen molar-refractivity contribution >= 4 is 27.5 Å². The second-order valence-corrected chi connectivity index (χ2v) is 11.1. The number of unbranched alkanes of at least 4 members (excludes halogenated alkanes) is 1. The minimum absolute atomic E-state index is 0.0436. The normalized spacial score (nSPS) is 19.0. The van der Waals surface area contributed by atoms with Gasteiger partial charge in [-0.05, 0) is 61.1 Å². The van der Waals surface area contributed by atoms with Gasteiger partial charge in [0.15, 0.2) is 0 Å². The molecule has 0 aromatic heterocycles. The molecule has 2 aliphatic rings. The number of amides is 2. The van der Waals surface area contributed by atoms with Crippen molar-refractivity contribution in [3.05, 3.63) is 59.7 Å². The van der Waals surface area contributed by atoms with E-state index in [0.29, 0.717) is 26.2 Å². The van der Waals surface area contributed by atoms with Gasteiger partial charge >= 0.3 is 0 Å². The molecule has 2 saturated heterocycles. The van der Waals surface area contributed by atoms with Gasteiger partial charge in [-0.15, -0.1) is 0 Å². The summed E-state index contributed by atoms with van der Waals surface area (Å²) in [5.74, 6) is -0.607. The summed E-state index contributed by atoms with van der Waals surface area (Å²) in [6.45, 7) is 3.96. The lowest BCUT2D eigenvalue weighted by atomic mass is 10.1. The number of hydrogen-bond acceptors (Lipinski definition) is 4. The number of nitrogens with zero attached hydrogens (tertiary/aromatic N) is 2. The van der Waals surface area contributed by atoms with Gasteiger partial charge in [-0.2, -0.15) is 4.31 Å². The second kappa shape index (κ2) is 10.7. The van der Waals surface area contributed by atoms with Crippen LogP contribution >= 0.6 is 0 Å². The molecule has 34 heavy (non-hydrogen) atoms. The molecule has 2 amide bonds. The maximum absolute atomic E-state index is 12.7. The Hall–Kier alpha value is -2.71. The number of anilines is 1. The molecule has 2 aliphatic heterocycles. The van der Waals surface area contributed by atoms with E-state index in [0.717, 1.165) is 43.4 Å². The molecule has 8 heteroatoms. The van der Waals surface area contributed by atoms with E-state index in [4.69, 9.17) is 0 Å². The maximum atomic E-state index is 12.7. The predicted octanol–water partition coefficient (Wildman–Crippen LogP) is 3.48. The number of hydrogen-bond donors (Lipinski definition) is 1. The molecule has 2 fully saturated rings. The molecule has 1 unspecified atom stereocenters. The quantitative estimate of drug-likeness (QED) is 0.592. The average Bonchev–Trinajstić information content (AvgIpc) is 3.53. The molecule has 182 valence electrons. The topological polar surface area (TPSA) is 86.8 Å². The zero-order valence-electron chi connectivity index (χ0n) is 19.7. The van der Waals surface area contributed by atoms with Crippen LogP contribution in [0.2, 0.25) is 0 Å². The lowest BCUT2D eigenvalue weighted by Crippen LogP contribution is -2.32. The fourth-order valence-electron chi connectivity index (χ4n) is 4.55. The van der Waals surface area contributed by atoms with Crippen molar-refractivity contribution in [2.75, 3.05) is 24.5 Å². The molecule has 0 radical (unpaired) electrons. The summed E-state index contributed by atoms with van der Waals surface area (Å²) in [6, 6.07) is 14.7. The summed E-state index contributed by atoms with van der Waals surface area (Å²) in [7, 11) is -3.44. The Morgan fingerprint density at radius 2 is 1.65 bits per heavy atom. The molecule has 4 rings (SSSR count). The van der Waals surface area contributed by atoms with Crippen LogP contribution in [0.1, 0.15) is 50.2 Å². The van der Waals surface area contributed by atoms with E-state index < -0.39 is 15.9 Å². The highest BCUT2D eigenvalue weighted by molar-refractivity contribution is 7.89. The Morgan fingerprint density at radius 3 is 2.29 bits per heavy atom. The van der Waals surface area contributed by atoms with Crippen molar-refractivity contribution in [3.8, 4) is 0 Å². The summed E-state index contributed by atoms with van der Waals surface area (Å²) >= 11 is 0. The third-order valence-corrected chi connectivity index (χ3v) is 8.57. The first-order valence-corrected chi connectivity index (χ1v) is 13.6. The molecule has 1 N–H and O–H groups in total. The van der Waals surface area contributed by atoms with E-state index in [1.165, 1.54) is 9.87 Å². The van der Waals surface area contributed by atoms with E-state index in [9.17, 15) is 18.0 Å². The largest absolute Gasteiger partial charge is 0.352 e. The predicted molar refractivity (Wildman–Crippen MR) is 132 cm³/mol. The van der Waals surface area contributed by atoms with Crippen molar-refractivity contribution in [1.29, 1.82) is 0 Å². The molecule has 0 saturated carbocycles. The molecule has 1 atom stereocenters. The van der Waals surface area contributed by atoms with Crippen LogP contribution in [-0.4, -0.2) is 44.2 Å². The fraction of sp³-hybridized carbons (Fsp3) is 0.462. The highest BCUT2D eigenvalue weighted by atomic mass is 32.2. The van der Waals surface area contributed by atoms with Gasteiger partial charge in [0, 0.05) is 38.3 Å². The van der Waals surface area contributed by atoms with Gasteiger partial charge in [0.25, 0.3) is 0 Å². The van der Waals surface area contributed by atoms with Gasteiger partial charge in [-0.1, -0.05) is 37.6 Å². The number of rotatable bonds is 9. The monoisotopic (exact) mass is 483 g/mol. The van der Waals surface area contributed by atoms with Crippen LogP contribution in [0, 0.1) is 5.92 Å². The van der Waals surface area contributed by atoms with Gasteiger partial charge in [0.05, 0.1) is 10.8 Å². The van der Waals surface area contributed by atoms with Crippen LogP contribution in [0.25, 0.3) is 0 Å². The van der Waals surface area contributed by atoms with Crippen LogP contribution in [-0.2, 0) is 32.6 Å². The van der Waals surface area contributed by atoms with Gasteiger partial charge in [-0.3, -0.25) is 9.59 Å². The van der Waals surface area contributed by atoms with Gasteiger partial charge in [0.2, 0.25) is 21.8 Å². The average molecular weight is 484 g/mol. The zero-order chi connectivity index (χ0) is 24.1. The van der Waals surface area contributed by atoms with Crippen molar-refractivity contribution < 1.29 is 18.0 Å². The summed E-state index contributed by atoms with van der Waals surface area (Å²) < 4.78 is 26.8. The Morgan fingerprint density at radius 1 is 1.00 bits per heavy atom. The molecule has 2 heterocycles. The molecule has 0 aliphatic carbocycles. The van der Waals surface area contributed by atoms with E-state index >= 15 is 0 Å². The van der Waals surface area contributed by atoms with E-state index in [2.05, 4.69) is 24.4 Å². The summed E-state index contributed by atoms with van der Waals surface area (Å²) in [6.07, 6.45) is 5.30. The molecule has 2 aromatic carbocycles. The molecule has 2 aromatic rings. The third-order valence-electron chi connectivity index (χ3n) is 6.66. The fourth-order valence-corrected chi connectivity index (χ4v) is 6.06. The lowest BCUT2D eigenvalue weighted by molar-refractivity contribution is -0.126. The number of aryl methyl sites for hydroxylation is 1. The van der Waals surface area contributed by atoms with Crippen molar-refractivity contribution in [2.24, 2.45) is 5.92 Å². The summed E-state index contributed by atoms with van der Waals surface area (Å²) in [4.78, 5) is 27.2. The van der Waals surface area contributed by atoms with Crippen molar-refractivity contribution in [1.82, 2.24) is 9.62 Å². The maximum Gasteiger partial charge on any atom is 0.243 e. The highest BCUT2D eigenvalue weighted by Crippen LogP contribution is 2.26. The first-order chi connectivity index (χ1) is 16.4. The van der Waals surface area contributed by atoms with Crippen molar-refractivity contribution in [2.45, 2.75) is 56.9 Å². The Kier molecular flexibility index (Phi) is 7.68. The molecule has 0 spiro atoms. The minimum Gasteiger partial charge on any atom is -0.352 e. The van der Waals surface area contributed by atoms with E-state index in [-0.39, 0.29) is 23.1 Å². The van der Waals surface area contributed by atoms with Crippen LogP contribution in [0.15, 0.2) is 53.4 Å². The number of sulfonamides is 1. The van der Waals surface area contributed by atoms with Gasteiger partial charge < -0.3 is 10.2 Å². The lowest BCUT2D eigenvalue weighted by Gasteiger charge is -2.17. The second-order valence-electron chi connectivity index (χ2n) is 9.15. The standard InChI is InChI=1S/C26H33N3O4S/c1-2-3-6-20-7-11-23(12-8-20)29-19-22(17-25(29)30)26(31)27-18-21-9-13-24(14-10-21)34(32,33)28-15-4-5-16-28/h7-14,22H,2-6,15-19H2,1H3,(H,27,31). The first-order valence-electron chi connectivity index (χ1n) is 12.1. The summed E-state index contributed by atoms with van der Waals surface area (Å²) in [5.41, 5.74) is 2.90. The van der Waals surface area contributed by atoms with Gasteiger partial charge in [-0.25, -0.2) is 8.42 Å². The summed E-state index contributed by atoms with van der Waals surface area (Å²) in [5, 5.41) is 2.90. The molecular weight excluding hydrogens is 450 g/mol. The first kappa shape index (κ1) is 24.4. The number of benzene rings is 2. The SMILES string of the molecule is CCCCc1ccc(N2CC(C(=O)NCc3ccc(S(=O)(=O)N4CCCC4)cc3)CC2=O)cc1. The Balaban J connectivity index is 1.31. The van der Waals surface area contributed by atoms with E-state index in [1.54, 1.807) is 29.2 Å². The van der Waals surface area contributed by atoms with Crippen molar-refractivity contribution in [3.63, 3.8) is 0 Å². The van der Waals surface area contributed by atoms with E-state index in [1.807, 2.05) is 12.1 Å². The van der Waals surface area contributed by atoms with Crippen LogP contribution < -0.4 is 10.2 Å². The minimum atomic E-state index is -3.44. The molecular formula is C26H33N3O4S. The van der Waals surface area contributed by atoms with Gasteiger partial charge in [0.1, 0.15) is 0 Å². The Bertz CT molecular complexity index is 1110. The smallest absolute Gasteiger partial charge is 0.243 e. The third kappa shape index (κ3) is 5.50.